The topological polar surface area (TPSA) is 40.6 Å². The molecular weight excluding hydrogens is 359 g/mol. The quantitative estimate of drug-likeness (QED) is 0.751. The molecule has 0 radical (unpaired) electrons. The molecule has 1 aliphatic rings. The van der Waals surface area contributed by atoms with Crippen molar-refractivity contribution in [3.05, 3.63) is 69.8 Å². The van der Waals surface area contributed by atoms with Crippen LogP contribution in [0.15, 0.2) is 54.2 Å². The summed E-state index contributed by atoms with van der Waals surface area (Å²) in [4.78, 5) is 28.7. The Labute approximate surface area is 156 Å². The molecule has 0 fully saturated rings. The monoisotopic (exact) mass is 374 g/mol. The fourth-order valence-corrected chi connectivity index (χ4v) is 3.38. The van der Waals surface area contributed by atoms with E-state index < -0.39 is 0 Å². The molecule has 2 amide bonds. The minimum atomic E-state index is -0.352. The highest BCUT2D eigenvalue weighted by Crippen LogP contribution is 2.37. The zero-order valence-corrected chi connectivity index (χ0v) is 15.3. The van der Waals surface area contributed by atoms with Crippen molar-refractivity contribution in [1.29, 1.82) is 0 Å². The number of hydrogen-bond donors (Lipinski definition) is 0. The second-order valence-electron chi connectivity index (χ2n) is 5.60. The number of para-hydroxylation sites is 1. The first-order chi connectivity index (χ1) is 12.0. The van der Waals surface area contributed by atoms with E-state index in [9.17, 15) is 9.59 Å². The largest absolute Gasteiger partial charge is 0.339 e. The highest BCUT2D eigenvalue weighted by atomic mass is 35.5. The van der Waals surface area contributed by atoms with Crippen LogP contribution in [0.2, 0.25) is 10.0 Å². The van der Waals surface area contributed by atoms with E-state index in [4.69, 9.17) is 23.2 Å². The second-order valence-corrected chi connectivity index (χ2v) is 6.44. The van der Waals surface area contributed by atoms with E-state index in [0.29, 0.717) is 33.4 Å². The molecule has 25 heavy (non-hydrogen) atoms. The summed E-state index contributed by atoms with van der Waals surface area (Å²) in [6, 6.07) is 14.3. The highest BCUT2D eigenvalue weighted by molar-refractivity contribution is 6.41. The number of likely N-dealkylation sites (N-methyl/N-ethyl adjacent to an activating group) is 2. The molecule has 4 nitrogen and oxygen atoms in total. The van der Waals surface area contributed by atoms with Gasteiger partial charge in [0.05, 0.1) is 10.6 Å². The lowest BCUT2D eigenvalue weighted by Crippen LogP contribution is -2.33. The summed E-state index contributed by atoms with van der Waals surface area (Å²) in [6.45, 7) is 2.06. The second kappa shape index (κ2) is 6.90. The molecule has 0 aromatic heterocycles. The van der Waals surface area contributed by atoms with Gasteiger partial charge < -0.3 is 4.90 Å². The van der Waals surface area contributed by atoms with Crippen molar-refractivity contribution in [3.8, 4) is 0 Å². The Balaban J connectivity index is 2.21. The number of anilines is 1. The lowest BCUT2D eigenvalue weighted by atomic mass is 10.0. The predicted octanol–water partition coefficient (Wildman–Crippen LogP) is 4.23. The summed E-state index contributed by atoms with van der Waals surface area (Å²) in [5.41, 5.74) is 1.90. The van der Waals surface area contributed by atoms with Crippen LogP contribution in [0.5, 0.6) is 0 Å². The Bertz CT molecular complexity index is 878. The number of carbonyl (C=O) groups excluding carboxylic acids is 2. The Morgan fingerprint density at radius 2 is 1.68 bits per heavy atom. The van der Waals surface area contributed by atoms with Gasteiger partial charge in [-0.1, -0.05) is 47.5 Å². The summed E-state index contributed by atoms with van der Waals surface area (Å²) in [5.74, 6) is -0.686. The number of benzene rings is 2. The van der Waals surface area contributed by atoms with Crippen molar-refractivity contribution in [2.24, 2.45) is 0 Å². The van der Waals surface area contributed by atoms with Crippen LogP contribution in [0, 0.1) is 0 Å². The van der Waals surface area contributed by atoms with Gasteiger partial charge in [0.25, 0.3) is 11.8 Å². The van der Waals surface area contributed by atoms with E-state index in [1.165, 1.54) is 4.90 Å². The van der Waals surface area contributed by atoms with Gasteiger partial charge >= 0.3 is 0 Å². The maximum atomic E-state index is 12.9. The van der Waals surface area contributed by atoms with E-state index in [-0.39, 0.29) is 11.8 Å². The van der Waals surface area contributed by atoms with Gasteiger partial charge in [0.2, 0.25) is 0 Å². The van der Waals surface area contributed by atoms with Gasteiger partial charge in [-0.3, -0.25) is 14.5 Å². The van der Waals surface area contributed by atoms with Gasteiger partial charge in [0, 0.05) is 29.9 Å². The third-order valence-corrected chi connectivity index (χ3v) is 4.69. The molecule has 0 atom stereocenters. The maximum Gasteiger partial charge on any atom is 0.278 e. The van der Waals surface area contributed by atoms with Crippen LogP contribution in [0.4, 0.5) is 5.69 Å². The Morgan fingerprint density at radius 3 is 2.28 bits per heavy atom. The zero-order valence-electron chi connectivity index (χ0n) is 13.8. The van der Waals surface area contributed by atoms with Crippen LogP contribution >= 0.6 is 23.2 Å². The summed E-state index contributed by atoms with van der Waals surface area (Å²) in [7, 11) is 1.76. The van der Waals surface area contributed by atoms with Crippen molar-refractivity contribution in [2.45, 2.75) is 6.92 Å². The number of nitrogens with zero attached hydrogens (tertiary/aromatic N) is 2. The van der Waals surface area contributed by atoms with E-state index in [0.717, 1.165) is 5.69 Å². The summed E-state index contributed by atoms with van der Waals surface area (Å²) in [6.07, 6.45) is 0. The molecule has 128 valence electrons. The maximum absolute atomic E-state index is 12.9. The molecule has 1 heterocycles. The molecule has 2 aromatic carbocycles. The molecule has 0 unspecified atom stereocenters. The van der Waals surface area contributed by atoms with Crippen molar-refractivity contribution in [2.75, 3.05) is 18.5 Å². The highest BCUT2D eigenvalue weighted by Gasteiger charge is 2.40. The zero-order chi connectivity index (χ0) is 18.1. The minimum Gasteiger partial charge on any atom is -0.339 e. The van der Waals surface area contributed by atoms with Gasteiger partial charge in [-0.15, -0.1) is 0 Å². The van der Waals surface area contributed by atoms with Gasteiger partial charge in [-0.25, -0.2) is 0 Å². The first kappa shape index (κ1) is 17.5. The van der Waals surface area contributed by atoms with Crippen LogP contribution in [0.1, 0.15) is 12.5 Å². The molecule has 2 aromatic rings. The Morgan fingerprint density at radius 1 is 1.00 bits per heavy atom. The lowest BCUT2D eigenvalue weighted by molar-refractivity contribution is -0.136. The molecular formula is C19H16Cl2N2O2. The van der Waals surface area contributed by atoms with Crippen LogP contribution in [0.3, 0.4) is 0 Å². The number of halogens is 2. The number of carbonyl (C=O) groups is 2. The van der Waals surface area contributed by atoms with E-state index in [1.807, 2.05) is 30.3 Å². The average molecular weight is 375 g/mol. The van der Waals surface area contributed by atoms with Gasteiger partial charge in [0.15, 0.2) is 0 Å². The average Bonchev–Trinajstić information content (AvgIpc) is 2.85. The number of imide groups is 1. The molecule has 1 aliphatic heterocycles. The first-order valence-corrected chi connectivity index (χ1v) is 8.56. The molecule has 0 spiro atoms. The predicted molar refractivity (Wildman–Crippen MR) is 101 cm³/mol. The van der Waals surface area contributed by atoms with Crippen LogP contribution < -0.4 is 4.90 Å². The number of amides is 2. The number of hydrogen-bond acceptors (Lipinski definition) is 3. The molecule has 6 heteroatoms. The summed E-state index contributed by atoms with van der Waals surface area (Å²) < 4.78 is 0. The Kier molecular flexibility index (Phi) is 4.84. The van der Waals surface area contributed by atoms with Crippen molar-refractivity contribution < 1.29 is 9.59 Å². The van der Waals surface area contributed by atoms with Gasteiger partial charge in [0.1, 0.15) is 5.70 Å². The molecule has 0 saturated carbocycles. The SMILES string of the molecule is CCN1C(=O)C(c2ccc(Cl)cc2Cl)=C(N(C)c2ccccc2)C1=O. The fraction of sp³-hybridized carbons (Fsp3) is 0.158. The van der Waals surface area contributed by atoms with Crippen molar-refractivity contribution in [1.82, 2.24) is 4.90 Å². The van der Waals surface area contributed by atoms with E-state index in [1.54, 1.807) is 37.1 Å². The van der Waals surface area contributed by atoms with Crippen LogP contribution in [-0.4, -0.2) is 30.3 Å². The minimum absolute atomic E-state index is 0.290. The fourth-order valence-electron chi connectivity index (χ4n) is 2.88. The van der Waals surface area contributed by atoms with Crippen LogP contribution in [0.25, 0.3) is 5.57 Å². The lowest BCUT2D eigenvalue weighted by Gasteiger charge is -2.21. The molecule has 0 saturated heterocycles. The molecule has 0 bridgehead atoms. The third-order valence-electron chi connectivity index (χ3n) is 4.14. The first-order valence-electron chi connectivity index (χ1n) is 7.80. The van der Waals surface area contributed by atoms with E-state index in [2.05, 4.69) is 0 Å². The summed E-state index contributed by atoms with van der Waals surface area (Å²) in [5, 5.41) is 0.803. The van der Waals surface area contributed by atoms with Gasteiger partial charge in [-0.2, -0.15) is 0 Å². The molecule has 0 aliphatic carbocycles. The number of rotatable bonds is 4. The summed E-state index contributed by atoms with van der Waals surface area (Å²) >= 11 is 12.3. The standard InChI is InChI=1S/C19H16Cl2N2O2/c1-3-23-18(24)16(14-10-9-12(20)11-15(14)21)17(19(23)25)22(2)13-7-5-4-6-8-13/h4-11H,3H2,1-2H3. The van der Waals surface area contributed by atoms with Crippen LogP contribution in [-0.2, 0) is 9.59 Å². The Hall–Kier alpha value is -2.30. The third kappa shape index (κ3) is 3.03. The van der Waals surface area contributed by atoms with Gasteiger partial charge in [-0.05, 0) is 31.2 Å². The van der Waals surface area contributed by atoms with Crippen molar-refractivity contribution >= 4 is 46.3 Å². The molecule has 0 N–H and O–H groups in total. The normalized spacial score (nSPS) is 14.5. The van der Waals surface area contributed by atoms with Crippen molar-refractivity contribution in [3.63, 3.8) is 0 Å². The molecule has 3 rings (SSSR count). The van der Waals surface area contributed by atoms with E-state index >= 15 is 0 Å². The smallest absolute Gasteiger partial charge is 0.278 e.